The fourth-order valence-corrected chi connectivity index (χ4v) is 6.11. The Bertz CT molecular complexity index is 1350. The zero-order valence-electron chi connectivity index (χ0n) is 21.5. The molecule has 2 fully saturated rings. The molecular formula is C28H29ClFN5O3. The van der Waals surface area contributed by atoms with E-state index in [0.717, 1.165) is 5.56 Å². The number of aromatic nitrogens is 1. The number of rotatable bonds is 6. The molecule has 1 saturated heterocycles. The second-order valence-corrected chi connectivity index (χ2v) is 11.7. The van der Waals surface area contributed by atoms with E-state index >= 15 is 4.39 Å². The van der Waals surface area contributed by atoms with Gasteiger partial charge in [0, 0.05) is 49.5 Å². The van der Waals surface area contributed by atoms with Crippen LogP contribution >= 0.6 is 11.6 Å². The Balaban J connectivity index is 1.48. The molecule has 8 nitrogen and oxygen atoms in total. The molecule has 10 heteroatoms. The van der Waals surface area contributed by atoms with Crippen LogP contribution in [0.15, 0.2) is 42.7 Å². The van der Waals surface area contributed by atoms with E-state index < -0.39 is 34.5 Å². The van der Waals surface area contributed by atoms with Gasteiger partial charge in [0.2, 0.25) is 17.7 Å². The largest absolute Gasteiger partial charge is 0.333 e. The topological polar surface area (TPSA) is 106 Å². The van der Waals surface area contributed by atoms with Crippen molar-refractivity contribution in [1.82, 2.24) is 14.8 Å². The van der Waals surface area contributed by atoms with Crippen LogP contribution in [0.1, 0.15) is 50.7 Å². The minimum Gasteiger partial charge on any atom is -0.333 e. The van der Waals surface area contributed by atoms with Gasteiger partial charge in [0.25, 0.3) is 0 Å². The van der Waals surface area contributed by atoms with Crippen molar-refractivity contribution in [3.8, 4) is 6.07 Å². The molecule has 1 aliphatic carbocycles. The Morgan fingerprint density at radius 1 is 1.32 bits per heavy atom. The van der Waals surface area contributed by atoms with Crippen LogP contribution in [0.25, 0.3) is 0 Å². The van der Waals surface area contributed by atoms with Crippen molar-refractivity contribution in [2.75, 3.05) is 18.9 Å². The fourth-order valence-electron chi connectivity index (χ4n) is 5.94. The molecule has 3 aliphatic rings. The summed E-state index contributed by atoms with van der Waals surface area (Å²) >= 11 is 6.23. The van der Waals surface area contributed by atoms with Gasteiger partial charge in [-0.1, -0.05) is 11.6 Å². The maximum atomic E-state index is 15.1. The summed E-state index contributed by atoms with van der Waals surface area (Å²) < 4.78 is 15.1. The molecule has 1 aromatic carbocycles. The first-order valence-corrected chi connectivity index (χ1v) is 13.0. The monoisotopic (exact) mass is 537 g/mol. The molecule has 3 atom stereocenters. The van der Waals surface area contributed by atoms with Crippen LogP contribution in [0.4, 0.5) is 10.1 Å². The lowest BCUT2D eigenvalue weighted by molar-refractivity contribution is -0.147. The number of anilines is 1. The molecule has 5 rings (SSSR count). The summed E-state index contributed by atoms with van der Waals surface area (Å²) in [5.74, 6) is -1.14. The highest BCUT2D eigenvalue weighted by Crippen LogP contribution is 2.50. The third-order valence-electron chi connectivity index (χ3n) is 8.11. The van der Waals surface area contributed by atoms with Crippen LogP contribution < -0.4 is 5.32 Å². The first kappa shape index (κ1) is 26.1. The van der Waals surface area contributed by atoms with E-state index in [1.807, 2.05) is 0 Å². The number of hydrogen-bond donors (Lipinski definition) is 1. The number of pyridine rings is 1. The van der Waals surface area contributed by atoms with Crippen LogP contribution in [-0.2, 0) is 25.2 Å². The van der Waals surface area contributed by atoms with Crippen LogP contribution in [0.3, 0.4) is 0 Å². The van der Waals surface area contributed by atoms with Gasteiger partial charge in [0.1, 0.15) is 17.8 Å². The van der Waals surface area contributed by atoms with E-state index in [9.17, 15) is 19.6 Å². The number of nitriles is 1. The molecule has 2 aromatic rings. The number of carbonyl (C=O) groups excluding carboxylic acids is 3. The van der Waals surface area contributed by atoms with Crippen LogP contribution in [0.2, 0.25) is 5.02 Å². The molecule has 0 unspecified atom stereocenters. The number of benzene rings is 1. The van der Waals surface area contributed by atoms with Crippen LogP contribution in [0.5, 0.6) is 0 Å². The Kier molecular flexibility index (Phi) is 6.22. The highest BCUT2D eigenvalue weighted by Gasteiger charge is 2.58. The maximum Gasteiger partial charge on any atom is 0.246 e. The van der Waals surface area contributed by atoms with Gasteiger partial charge in [-0.05, 0) is 68.1 Å². The van der Waals surface area contributed by atoms with Gasteiger partial charge in [0.15, 0.2) is 0 Å². The summed E-state index contributed by atoms with van der Waals surface area (Å²) in [6.45, 7) is 2.65. The lowest BCUT2D eigenvalue weighted by Crippen LogP contribution is -2.54. The summed E-state index contributed by atoms with van der Waals surface area (Å²) in [7, 11) is 1.52. The van der Waals surface area contributed by atoms with E-state index in [1.54, 1.807) is 42.7 Å². The molecular weight excluding hydrogens is 509 g/mol. The number of alkyl halides is 1. The molecule has 1 aromatic heterocycles. The Labute approximate surface area is 225 Å². The smallest absolute Gasteiger partial charge is 0.246 e. The van der Waals surface area contributed by atoms with Crippen LogP contribution in [-0.4, -0.2) is 63.9 Å². The van der Waals surface area contributed by atoms with Crippen molar-refractivity contribution in [2.45, 2.75) is 68.1 Å². The normalized spacial score (nSPS) is 23.9. The number of nitrogens with zero attached hydrogens (tertiary/aromatic N) is 4. The van der Waals surface area contributed by atoms with Gasteiger partial charge in [-0.3, -0.25) is 19.4 Å². The number of likely N-dealkylation sites (tertiary alicyclic amines) is 1. The van der Waals surface area contributed by atoms with Gasteiger partial charge in [-0.15, -0.1) is 0 Å². The molecule has 3 amide bonds. The Morgan fingerprint density at radius 3 is 2.61 bits per heavy atom. The number of likely N-dealkylation sites (N-methyl/N-ethyl adjacent to an activating group) is 1. The van der Waals surface area contributed by atoms with E-state index in [4.69, 9.17) is 11.6 Å². The summed E-state index contributed by atoms with van der Waals surface area (Å²) in [5.41, 5.74) is -1.67. The van der Waals surface area contributed by atoms with Crippen molar-refractivity contribution >= 4 is 35.0 Å². The fraction of sp³-hybridized carbons (Fsp3) is 0.464. The Hall–Kier alpha value is -3.51. The molecule has 3 heterocycles. The zero-order valence-corrected chi connectivity index (χ0v) is 22.3. The number of hydrogen-bond acceptors (Lipinski definition) is 5. The first-order valence-electron chi connectivity index (χ1n) is 12.6. The second kappa shape index (κ2) is 9.05. The van der Waals surface area contributed by atoms with Gasteiger partial charge in [-0.25, -0.2) is 4.39 Å². The SMILES string of the molecule is CN(C(=O)C1(c2ccncc2)CC1)[C@@H](CC(C)(C)F)C(=O)N1C[C@]2(C[C@H]1C#N)C(=O)Nc1ccc(Cl)cc12. The molecule has 1 spiro atoms. The second-order valence-electron chi connectivity index (χ2n) is 11.2. The van der Waals surface area contributed by atoms with E-state index in [1.165, 1.54) is 30.7 Å². The molecule has 198 valence electrons. The number of nitrogens with one attached hydrogen (secondary N) is 1. The van der Waals surface area contributed by atoms with Crippen LogP contribution in [0, 0.1) is 11.3 Å². The minimum atomic E-state index is -1.77. The van der Waals surface area contributed by atoms with E-state index in [0.29, 0.717) is 29.1 Å². The summed E-state index contributed by atoms with van der Waals surface area (Å²) in [6, 6.07) is 8.68. The maximum absolute atomic E-state index is 15.1. The summed E-state index contributed by atoms with van der Waals surface area (Å²) in [6.07, 6.45) is 4.30. The third kappa shape index (κ3) is 4.21. The molecule has 0 bridgehead atoms. The summed E-state index contributed by atoms with van der Waals surface area (Å²) in [4.78, 5) is 47.8. The average molecular weight is 538 g/mol. The molecule has 2 aliphatic heterocycles. The highest BCUT2D eigenvalue weighted by atomic mass is 35.5. The molecule has 38 heavy (non-hydrogen) atoms. The van der Waals surface area contributed by atoms with Crippen molar-refractivity contribution in [3.05, 3.63) is 58.9 Å². The standard InChI is InChI=1S/C28H29ClFN5O3/c1-26(2,30)14-22(34(3)25(38)27(8-9-27)17-6-10-32-11-7-17)23(36)35-16-28(13-19(35)15-31)20-12-18(29)4-5-21(20)33-24(28)37/h4-7,10-12,19,22H,8-9,13-14,16H2,1-3H3,(H,33,37)/t19-,22-,28-/m0/s1. The lowest BCUT2D eigenvalue weighted by atomic mass is 9.80. The Morgan fingerprint density at radius 2 is 2.00 bits per heavy atom. The van der Waals surface area contributed by atoms with Gasteiger partial charge < -0.3 is 15.1 Å². The predicted octanol–water partition coefficient (Wildman–Crippen LogP) is 3.75. The number of fused-ring (bicyclic) bond motifs is 2. The molecule has 1 N–H and O–H groups in total. The number of halogens is 2. The van der Waals surface area contributed by atoms with E-state index in [2.05, 4.69) is 16.4 Å². The third-order valence-corrected chi connectivity index (χ3v) is 8.35. The first-order chi connectivity index (χ1) is 17.9. The quantitative estimate of drug-likeness (QED) is 0.604. The van der Waals surface area contributed by atoms with Crippen molar-refractivity contribution in [1.29, 1.82) is 5.26 Å². The van der Waals surface area contributed by atoms with Crippen molar-refractivity contribution < 1.29 is 18.8 Å². The molecule has 1 saturated carbocycles. The number of carbonyl (C=O) groups is 3. The highest BCUT2D eigenvalue weighted by molar-refractivity contribution is 6.31. The van der Waals surface area contributed by atoms with E-state index in [-0.39, 0.29) is 31.2 Å². The van der Waals surface area contributed by atoms with Gasteiger partial charge >= 0.3 is 0 Å². The van der Waals surface area contributed by atoms with Gasteiger partial charge in [-0.2, -0.15) is 5.26 Å². The zero-order chi connectivity index (χ0) is 27.5. The minimum absolute atomic E-state index is 0.0655. The lowest BCUT2D eigenvalue weighted by Gasteiger charge is -2.36. The average Bonchev–Trinajstić information content (AvgIpc) is 3.54. The van der Waals surface area contributed by atoms with Gasteiger partial charge in [0.05, 0.1) is 16.9 Å². The summed E-state index contributed by atoms with van der Waals surface area (Å²) in [5, 5.41) is 13.3. The number of amides is 3. The predicted molar refractivity (Wildman–Crippen MR) is 139 cm³/mol. The molecule has 0 radical (unpaired) electrons. The van der Waals surface area contributed by atoms with Crippen molar-refractivity contribution in [3.63, 3.8) is 0 Å². The van der Waals surface area contributed by atoms with Crippen molar-refractivity contribution in [2.24, 2.45) is 0 Å².